The van der Waals surface area contributed by atoms with Crippen LogP contribution in [0.15, 0.2) is 35.5 Å². The molecule has 3 aliphatic carbocycles. The van der Waals surface area contributed by atoms with E-state index in [1.54, 1.807) is 5.57 Å². The van der Waals surface area contributed by atoms with E-state index in [0.29, 0.717) is 10.8 Å². The molecule has 0 radical (unpaired) electrons. The van der Waals surface area contributed by atoms with Gasteiger partial charge in [-0.25, -0.2) is 0 Å². The average Bonchev–Trinajstić information content (AvgIpc) is 3.17. The zero-order valence-electron chi connectivity index (χ0n) is 29.1. The molecule has 40 heavy (non-hydrogen) atoms. The predicted octanol–water partition coefficient (Wildman–Crippen LogP) is 11.6. The topological polar surface area (TPSA) is 18.5 Å². The first-order valence-corrected chi connectivity index (χ1v) is 22.3. The van der Waals surface area contributed by atoms with Gasteiger partial charge in [-0.3, -0.25) is 0 Å². The molecule has 0 saturated heterocycles. The molecule has 0 heterocycles. The standard InChI is InChI=1S/C36H66O2Si2/c1-16-35(9,10)32-22-21-29-28(18-17-23-36(29,32)11)20-19-27-24-30(37-39(12,13)33(3,4)5)26(2)31(25-27)38-40(14,15)34(6,7)8/h19-20,29-32H,2,16-18,21-25H2,1,3-15H3/b27-19?,28-20+/t29?,30-,31+,32?,36-/m0/s1. The van der Waals surface area contributed by atoms with Crippen molar-refractivity contribution in [3.63, 3.8) is 0 Å². The second kappa shape index (κ2) is 11.6. The van der Waals surface area contributed by atoms with Crippen molar-refractivity contribution in [3.05, 3.63) is 35.5 Å². The van der Waals surface area contributed by atoms with E-state index in [2.05, 4.69) is 114 Å². The predicted molar refractivity (Wildman–Crippen MR) is 181 cm³/mol. The van der Waals surface area contributed by atoms with Crippen LogP contribution in [0.5, 0.6) is 0 Å². The largest absolute Gasteiger partial charge is 0.410 e. The fourth-order valence-corrected chi connectivity index (χ4v) is 10.1. The summed E-state index contributed by atoms with van der Waals surface area (Å²) in [5.74, 6) is 1.57. The van der Waals surface area contributed by atoms with E-state index < -0.39 is 16.6 Å². The summed E-state index contributed by atoms with van der Waals surface area (Å²) in [7, 11) is -3.90. The fourth-order valence-electron chi connectivity index (χ4n) is 7.46. The molecule has 0 N–H and O–H groups in total. The second-order valence-electron chi connectivity index (χ2n) is 17.7. The molecule has 3 aliphatic rings. The molecule has 3 rings (SSSR count). The minimum atomic E-state index is -1.95. The molecule has 3 fully saturated rings. The Hall–Kier alpha value is -0.426. The molecule has 2 nitrogen and oxygen atoms in total. The Morgan fingerprint density at radius 3 is 1.80 bits per heavy atom. The van der Waals surface area contributed by atoms with Crippen LogP contribution in [0.3, 0.4) is 0 Å². The van der Waals surface area contributed by atoms with E-state index in [4.69, 9.17) is 8.85 Å². The van der Waals surface area contributed by atoms with E-state index in [1.165, 1.54) is 49.7 Å². The smallest absolute Gasteiger partial charge is 0.192 e. The van der Waals surface area contributed by atoms with Gasteiger partial charge in [0.25, 0.3) is 0 Å². The molecular formula is C36H66O2Si2. The quantitative estimate of drug-likeness (QED) is 0.218. The highest BCUT2D eigenvalue weighted by Gasteiger charge is 2.53. The lowest BCUT2D eigenvalue weighted by Crippen LogP contribution is -2.49. The first kappa shape index (κ1) is 34.1. The second-order valence-corrected chi connectivity index (χ2v) is 27.2. The Labute approximate surface area is 252 Å². The summed E-state index contributed by atoms with van der Waals surface area (Å²) in [5, 5.41) is 0.342. The van der Waals surface area contributed by atoms with Gasteiger partial charge in [0.05, 0.1) is 12.2 Å². The average molecular weight is 587 g/mol. The van der Waals surface area contributed by atoms with Crippen LogP contribution in [0.2, 0.25) is 36.3 Å². The molecule has 0 spiro atoms. The first-order valence-electron chi connectivity index (χ1n) is 16.5. The summed E-state index contributed by atoms with van der Waals surface area (Å²) in [6.45, 7) is 38.2. The third-order valence-electron chi connectivity index (χ3n) is 12.6. The van der Waals surface area contributed by atoms with Gasteiger partial charge in [-0.1, -0.05) is 106 Å². The Bertz CT molecular complexity index is 945. The van der Waals surface area contributed by atoms with Gasteiger partial charge in [0.15, 0.2) is 16.6 Å². The fraction of sp³-hybridized carbons (Fsp3) is 0.833. The molecule has 0 aromatic rings. The molecule has 0 amide bonds. The van der Waals surface area contributed by atoms with Crippen LogP contribution >= 0.6 is 0 Å². The van der Waals surface area contributed by atoms with Crippen LogP contribution in [-0.2, 0) is 8.85 Å². The Morgan fingerprint density at radius 2 is 1.35 bits per heavy atom. The first-order chi connectivity index (χ1) is 18.1. The maximum Gasteiger partial charge on any atom is 0.192 e. The highest BCUT2D eigenvalue weighted by atomic mass is 28.4. The molecule has 230 valence electrons. The molecule has 0 aliphatic heterocycles. The summed E-state index contributed by atoms with van der Waals surface area (Å²) < 4.78 is 14.1. The minimum Gasteiger partial charge on any atom is -0.410 e. The zero-order chi connectivity index (χ0) is 30.5. The summed E-state index contributed by atoms with van der Waals surface area (Å²) in [5.41, 5.74) is 5.25. The molecule has 2 unspecified atom stereocenters. The monoisotopic (exact) mass is 586 g/mol. The lowest BCUT2D eigenvalue weighted by atomic mass is 9.57. The van der Waals surface area contributed by atoms with Crippen molar-refractivity contribution in [1.29, 1.82) is 0 Å². The summed E-state index contributed by atoms with van der Waals surface area (Å²) >= 11 is 0. The van der Waals surface area contributed by atoms with Crippen molar-refractivity contribution in [3.8, 4) is 0 Å². The van der Waals surface area contributed by atoms with Gasteiger partial charge in [0.1, 0.15) is 0 Å². The normalized spacial score (nSPS) is 33.1. The summed E-state index contributed by atoms with van der Waals surface area (Å²) in [6, 6.07) is 0. The van der Waals surface area contributed by atoms with Crippen LogP contribution in [0.4, 0.5) is 0 Å². The van der Waals surface area contributed by atoms with Gasteiger partial charge < -0.3 is 8.85 Å². The Kier molecular flexibility index (Phi) is 9.86. The van der Waals surface area contributed by atoms with E-state index in [1.807, 2.05) is 0 Å². The number of allylic oxidation sites excluding steroid dienone is 3. The van der Waals surface area contributed by atoms with Crippen LogP contribution < -0.4 is 0 Å². The third kappa shape index (κ3) is 6.86. The Balaban J connectivity index is 1.93. The molecule has 4 heteroatoms. The van der Waals surface area contributed by atoms with Gasteiger partial charge in [-0.05, 0) is 109 Å². The van der Waals surface area contributed by atoms with Crippen molar-refractivity contribution in [2.75, 3.05) is 0 Å². The van der Waals surface area contributed by atoms with Crippen molar-refractivity contribution in [2.45, 2.75) is 169 Å². The number of rotatable bonds is 7. The van der Waals surface area contributed by atoms with Gasteiger partial charge in [-0.2, -0.15) is 0 Å². The zero-order valence-corrected chi connectivity index (χ0v) is 31.1. The van der Waals surface area contributed by atoms with E-state index in [9.17, 15) is 0 Å². The molecule has 0 aromatic heterocycles. The minimum absolute atomic E-state index is 0.0481. The number of hydrogen-bond donors (Lipinski definition) is 0. The van der Waals surface area contributed by atoms with Crippen molar-refractivity contribution in [1.82, 2.24) is 0 Å². The number of fused-ring (bicyclic) bond motifs is 1. The van der Waals surface area contributed by atoms with E-state index in [0.717, 1.165) is 24.7 Å². The van der Waals surface area contributed by atoms with Crippen LogP contribution in [0, 0.1) is 22.7 Å². The molecular weight excluding hydrogens is 521 g/mol. The molecule has 0 bridgehead atoms. The molecule has 0 aromatic carbocycles. The highest BCUT2D eigenvalue weighted by Crippen LogP contribution is 2.62. The van der Waals surface area contributed by atoms with Crippen molar-refractivity contribution >= 4 is 16.6 Å². The van der Waals surface area contributed by atoms with Crippen LogP contribution in [0.1, 0.15) is 121 Å². The van der Waals surface area contributed by atoms with Gasteiger partial charge >= 0.3 is 0 Å². The van der Waals surface area contributed by atoms with Gasteiger partial charge in [0.2, 0.25) is 0 Å². The maximum atomic E-state index is 7.07. The molecule has 5 atom stereocenters. The number of hydrogen-bond acceptors (Lipinski definition) is 2. The SMILES string of the molecule is C=C1[C@@H](O[Si](C)(C)C(C)(C)C)CC(=C/C=C2\CCC[C@@]3(C)C2CCC3C(C)(C)CC)C[C@H]1O[Si](C)(C)C(C)(C)C. The lowest BCUT2D eigenvalue weighted by molar-refractivity contribution is 0.0435. The van der Waals surface area contributed by atoms with Crippen molar-refractivity contribution in [2.24, 2.45) is 22.7 Å². The van der Waals surface area contributed by atoms with Crippen LogP contribution in [0.25, 0.3) is 0 Å². The highest BCUT2D eigenvalue weighted by molar-refractivity contribution is 6.74. The van der Waals surface area contributed by atoms with E-state index >= 15 is 0 Å². The van der Waals surface area contributed by atoms with Crippen LogP contribution in [-0.4, -0.2) is 28.8 Å². The van der Waals surface area contributed by atoms with E-state index in [-0.39, 0.29) is 22.3 Å². The summed E-state index contributed by atoms with van der Waals surface area (Å²) in [4.78, 5) is 0. The Morgan fingerprint density at radius 1 is 0.850 bits per heavy atom. The van der Waals surface area contributed by atoms with Crippen molar-refractivity contribution < 1.29 is 8.85 Å². The lowest BCUT2D eigenvalue weighted by Gasteiger charge is -2.48. The van der Waals surface area contributed by atoms with Gasteiger partial charge in [0, 0.05) is 0 Å². The molecule has 3 saturated carbocycles. The summed E-state index contributed by atoms with van der Waals surface area (Å²) in [6.07, 6.45) is 15.1. The maximum absolute atomic E-state index is 7.07. The van der Waals surface area contributed by atoms with Gasteiger partial charge in [-0.15, -0.1) is 0 Å². The third-order valence-corrected chi connectivity index (χ3v) is 21.5.